The third kappa shape index (κ3) is 5.50. The van der Waals surface area contributed by atoms with Gasteiger partial charge in [-0.15, -0.1) is 0 Å². The highest BCUT2D eigenvalue weighted by Gasteiger charge is 2.22. The molecule has 1 unspecified atom stereocenters. The number of ether oxygens (including phenoxy) is 1. The predicted molar refractivity (Wildman–Crippen MR) is 87.3 cm³/mol. The van der Waals surface area contributed by atoms with Crippen LogP contribution in [-0.4, -0.2) is 39.1 Å². The summed E-state index contributed by atoms with van der Waals surface area (Å²) in [4.78, 5) is 23.3. The number of carbonyl (C=O) groups is 2. The third-order valence-electron chi connectivity index (χ3n) is 3.36. The van der Waals surface area contributed by atoms with E-state index in [9.17, 15) is 23.1 Å². The summed E-state index contributed by atoms with van der Waals surface area (Å²) < 4.78 is 27.9. The first-order chi connectivity index (χ1) is 11.1. The second-order valence-electron chi connectivity index (χ2n) is 5.78. The van der Waals surface area contributed by atoms with Crippen LogP contribution in [0.15, 0.2) is 23.1 Å². The summed E-state index contributed by atoms with van der Waals surface area (Å²) in [7, 11) is -2.64. The van der Waals surface area contributed by atoms with Crippen molar-refractivity contribution in [1.82, 2.24) is 5.32 Å². The molecule has 4 N–H and O–H groups in total. The molecule has 1 aromatic rings. The van der Waals surface area contributed by atoms with E-state index < -0.39 is 27.8 Å². The normalized spacial score (nSPS) is 12.7. The molecule has 0 aliphatic rings. The molecule has 9 heteroatoms. The molecule has 0 radical (unpaired) electrons. The van der Waals surface area contributed by atoms with Crippen LogP contribution in [0.4, 0.5) is 0 Å². The van der Waals surface area contributed by atoms with Gasteiger partial charge < -0.3 is 15.2 Å². The maximum Gasteiger partial charge on any atom is 0.308 e. The first-order valence-electron chi connectivity index (χ1n) is 7.28. The second-order valence-corrected chi connectivity index (χ2v) is 7.34. The number of carboxylic acids is 1. The van der Waals surface area contributed by atoms with Crippen LogP contribution >= 0.6 is 0 Å². The van der Waals surface area contributed by atoms with Gasteiger partial charge in [-0.05, 0) is 30.5 Å². The van der Waals surface area contributed by atoms with Gasteiger partial charge in [0.25, 0.3) is 5.91 Å². The van der Waals surface area contributed by atoms with E-state index in [-0.39, 0.29) is 28.7 Å². The summed E-state index contributed by atoms with van der Waals surface area (Å²) in [6, 6.07) is 3.64. The van der Waals surface area contributed by atoms with Crippen molar-refractivity contribution in [3.63, 3.8) is 0 Å². The fraction of sp³-hybridized carbons (Fsp3) is 0.467. The molecule has 0 aromatic heterocycles. The van der Waals surface area contributed by atoms with Crippen molar-refractivity contribution >= 4 is 21.9 Å². The Bertz CT molecular complexity index is 715. The number of aliphatic carboxylic acids is 1. The smallest absolute Gasteiger partial charge is 0.308 e. The quantitative estimate of drug-likeness (QED) is 0.629. The van der Waals surface area contributed by atoms with Gasteiger partial charge in [-0.2, -0.15) is 0 Å². The highest BCUT2D eigenvalue weighted by atomic mass is 32.2. The van der Waals surface area contributed by atoms with Crippen molar-refractivity contribution in [2.45, 2.75) is 25.2 Å². The Kier molecular flexibility index (Phi) is 6.73. The number of nitrogens with one attached hydrogen (secondary N) is 1. The number of methoxy groups -OCH3 is 1. The largest absolute Gasteiger partial charge is 0.496 e. The zero-order valence-electron chi connectivity index (χ0n) is 13.8. The standard InChI is InChI=1S/C15H22N2O6S/c1-9(2)6-10(15(19)20)8-17-14(18)12-7-11(24(16,21)22)4-5-13(12)23-3/h4-5,7,9-10H,6,8H2,1-3H3,(H,17,18)(H,19,20)(H2,16,21,22). The van der Waals surface area contributed by atoms with E-state index >= 15 is 0 Å². The van der Waals surface area contributed by atoms with Gasteiger partial charge in [0.15, 0.2) is 0 Å². The number of rotatable bonds is 8. The average Bonchev–Trinajstić information content (AvgIpc) is 2.48. The predicted octanol–water partition coefficient (Wildman–Crippen LogP) is 0.819. The maximum absolute atomic E-state index is 12.3. The molecule has 0 heterocycles. The van der Waals surface area contributed by atoms with E-state index in [4.69, 9.17) is 9.88 Å². The molecule has 0 saturated heterocycles. The molecule has 0 saturated carbocycles. The minimum absolute atomic E-state index is 0.0299. The molecule has 1 atom stereocenters. The van der Waals surface area contributed by atoms with Crippen LogP contribution in [0.1, 0.15) is 30.6 Å². The van der Waals surface area contributed by atoms with Crippen molar-refractivity contribution in [2.24, 2.45) is 17.0 Å². The average molecular weight is 358 g/mol. The number of sulfonamides is 1. The highest BCUT2D eigenvalue weighted by Crippen LogP contribution is 2.22. The minimum atomic E-state index is -3.97. The van der Waals surface area contributed by atoms with Crippen LogP contribution in [0.5, 0.6) is 5.75 Å². The molecule has 0 aliphatic heterocycles. The van der Waals surface area contributed by atoms with Gasteiger partial charge in [-0.25, -0.2) is 13.6 Å². The highest BCUT2D eigenvalue weighted by molar-refractivity contribution is 7.89. The fourth-order valence-electron chi connectivity index (χ4n) is 2.19. The number of primary sulfonamides is 1. The van der Waals surface area contributed by atoms with Crippen molar-refractivity contribution in [3.8, 4) is 5.75 Å². The summed E-state index contributed by atoms with van der Waals surface area (Å²) in [6.45, 7) is 3.70. The molecular weight excluding hydrogens is 336 g/mol. The molecule has 8 nitrogen and oxygen atoms in total. The van der Waals surface area contributed by atoms with E-state index in [0.717, 1.165) is 6.07 Å². The Labute approximate surface area is 141 Å². The molecule has 1 rings (SSSR count). The number of amides is 1. The summed E-state index contributed by atoms with van der Waals surface area (Å²) >= 11 is 0. The third-order valence-corrected chi connectivity index (χ3v) is 4.27. The van der Waals surface area contributed by atoms with E-state index in [1.165, 1.54) is 19.2 Å². The van der Waals surface area contributed by atoms with Crippen molar-refractivity contribution in [2.75, 3.05) is 13.7 Å². The minimum Gasteiger partial charge on any atom is -0.496 e. The molecule has 0 aliphatic carbocycles. The number of carbonyl (C=O) groups excluding carboxylic acids is 1. The second kappa shape index (κ2) is 8.11. The van der Waals surface area contributed by atoms with Gasteiger partial charge >= 0.3 is 5.97 Å². The van der Waals surface area contributed by atoms with Crippen LogP contribution in [-0.2, 0) is 14.8 Å². The molecular formula is C15H22N2O6S. The number of nitrogens with two attached hydrogens (primary N) is 1. The van der Waals surface area contributed by atoms with Gasteiger partial charge in [0.05, 0.1) is 23.5 Å². The van der Waals surface area contributed by atoms with Crippen LogP contribution in [0.3, 0.4) is 0 Å². The van der Waals surface area contributed by atoms with E-state index in [0.29, 0.717) is 6.42 Å². The van der Waals surface area contributed by atoms with Crippen LogP contribution in [0, 0.1) is 11.8 Å². The number of carboxylic acid groups (broad SMARTS) is 1. The van der Waals surface area contributed by atoms with Gasteiger partial charge in [0.2, 0.25) is 10.0 Å². The van der Waals surface area contributed by atoms with Crippen molar-refractivity contribution in [1.29, 1.82) is 0 Å². The zero-order valence-corrected chi connectivity index (χ0v) is 14.6. The van der Waals surface area contributed by atoms with Gasteiger partial charge in [0, 0.05) is 6.54 Å². The summed E-state index contributed by atoms with van der Waals surface area (Å²) in [5.74, 6) is -2.05. The summed E-state index contributed by atoms with van der Waals surface area (Å²) in [6.07, 6.45) is 0.407. The van der Waals surface area contributed by atoms with Crippen LogP contribution < -0.4 is 15.2 Å². The van der Waals surface area contributed by atoms with E-state index in [1.54, 1.807) is 0 Å². The lowest BCUT2D eigenvalue weighted by Crippen LogP contribution is -2.34. The lowest BCUT2D eigenvalue weighted by molar-refractivity contribution is -0.142. The topological polar surface area (TPSA) is 136 Å². The molecule has 0 fully saturated rings. The summed E-state index contributed by atoms with van der Waals surface area (Å²) in [5.41, 5.74) is -0.0299. The SMILES string of the molecule is COc1ccc(S(N)(=O)=O)cc1C(=O)NCC(CC(C)C)C(=O)O. The summed E-state index contributed by atoms with van der Waals surface area (Å²) in [5, 5.41) is 16.7. The number of benzene rings is 1. The lowest BCUT2D eigenvalue weighted by Gasteiger charge is -2.16. The molecule has 1 aromatic carbocycles. The van der Waals surface area contributed by atoms with E-state index in [2.05, 4.69) is 5.32 Å². The molecule has 1 amide bonds. The van der Waals surface area contributed by atoms with Crippen LogP contribution in [0.25, 0.3) is 0 Å². The molecule has 24 heavy (non-hydrogen) atoms. The number of hydrogen-bond donors (Lipinski definition) is 3. The van der Waals surface area contributed by atoms with Gasteiger partial charge in [-0.3, -0.25) is 9.59 Å². The van der Waals surface area contributed by atoms with Crippen LogP contribution in [0.2, 0.25) is 0 Å². The zero-order chi connectivity index (χ0) is 18.5. The van der Waals surface area contributed by atoms with Gasteiger partial charge in [0.1, 0.15) is 5.75 Å². The number of hydrogen-bond acceptors (Lipinski definition) is 5. The Morgan fingerprint density at radius 3 is 2.42 bits per heavy atom. The Balaban J connectivity index is 2.99. The Morgan fingerprint density at radius 1 is 1.33 bits per heavy atom. The monoisotopic (exact) mass is 358 g/mol. The lowest BCUT2D eigenvalue weighted by atomic mass is 9.97. The molecule has 0 bridgehead atoms. The maximum atomic E-state index is 12.3. The fourth-order valence-corrected chi connectivity index (χ4v) is 2.73. The Morgan fingerprint density at radius 2 is 1.96 bits per heavy atom. The first kappa shape index (κ1) is 19.9. The van der Waals surface area contributed by atoms with Gasteiger partial charge in [-0.1, -0.05) is 13.8 Å². The molecule has 134 valence electrons. The first-order valence-corrected chi connectivity index (χ1v) is 8.82. The van der Waals surface area contributed by atoms with E-state index in [1.807, 2.05) is 13.8 Å². The van der Waals surface area contributed by atoms with Crippen molar-refractivity contribution < 1.29 is 27.9 Å². The molecule has 0 spiro atoms. The van der Waals surface area contributed by atoms with Crippen molar-refractivity contribution in [3.05, 3.63) is 23.8 Å². The Hall–Kier alpha value is -2.13.